The van der Waals surface area contributed by atoms with Crippen LogP contribution in [0.4, 0.5) is 11.9 Å². The van der Waals surface area contributed by atoms with Gasteiger partial charge in [-0.1, -0.05) is 12.1 Å². The third-order valence-electron chi connectivity index (χ3n) is 4.95. The Bertz CT molecular complexity index is 1160. The standard InChI is InChI=1S/C24H27N7O2/c1-31-24(29-23(30-31)28-17-18-8-11-26-12-9-18)27-10-4-14-33-20-6-2-5-19(15-20)22(25)16-21-7-3-13-32-21/h2-3,5-9,11-13,15,17,22H,4,10,14,16,25H2,1H3,(H,27,29,30). The molecule has 0 bridgehead atoms. The van der Waals surface area contributed by atoms with Gasteiger partial charge in [0.05, 0.1) is 12.9 Å². The second-order valence-corrected chi connectivity index (χ2v) is 7.49. The first-order valence-corrected chi connectivity index (χ1v) is 10.8. The minimum absolute atomic E-state index is 0.146. The van der Waals surface area contributed by atoms with Gasteiger partial charge in [0.15, 0.2) is 0 Å². The fourth-order valence-corrected chi connectivity index (χ4v) is 3.22. The predicted octanol–water partition coefficient (Wildman–Crippen LogP) is 3.68. The molecule has 4 rings (SSSR count). The lowest BCUT2D eigenvalue weighted by Gasteiger charge is -2.13. The third kappa shape index (κ3) is 6.50. The molecule has 1 atom stereocenters. The van der Waals surface area contributed by atoms with E-state index in [-0.39, 0.29) is 6.04 Å². The van der Waals surface area contributed by atoms with Crippen molar-refractivity contribution >= 4 is 18.1 Å². The van der Waals surface area contributed by atoms with Gasteiger partial charge in [0, 0.05) is 44.7 Å². The summed E-state index contributed by atoms with van der Waals surface area (Å²) in [6, 6.07) is 15.3. The number of nitrogens with two attached hydrogens (primary N) is 1. The van der Waals surface area contributed by atoms with Crippen molar-refractivity contribution in [1.29, 1.82) is 0 Å². The molecular weight excluding hydrogens is 418 g/mol. The van der Waals surface area contributed by atoms with E-state index >= 15 is 0 Å². The van der Waals surface area contributed by atoms with E-state index in [0.29, 0.717) is 31.5 Å². The SMILES string of the molecule is Cn1nc(N=Cc2ccncc2)nc1NCCCOc1cccc(C(N)Cc2ccco2)c1. The molecule has 0 aliphatic carbocycles. The molecule has 0 spiro atoms. The molecule has 0 amide bonds. The highest BCUT2D eigenvalue weighted by Gasteiger charge is 2.10. The lowest BCUT2D eigenvalue weighted by molar-refractivity contribution is 0.314. The van der Waals surface area contributed by atoms with Gasteiger partial charge in [-0.25, -0.2) is 9.67 Å². The number of aromatic nitrogens is 4. The number of benzene rings is 1. The Morgan fingerprint density at radius 3 is 2.91 bits per heavy atom. The van der Waals surface area contributed by atoms with E-state index < -0.39 is 0 Å². The van der Waals surface area contributed by atoms with E-state index in [0.717, 1.165) is 29.1 Å². The number of nitrogens with one attached hydrogen (secondary N) is 1. The molecule has 1 unspecified atom stereocenters. The summed E-state index contributed by atoms with van der Waals surface area (Å²) in [5.74, 6) is 2.72. The molecular formula is C24H27N7O2. The van der Waals surface area contributed by atoms with Crippen molar-refractivity contribution in [2.45, 2.75) is 18.9 Å². The van der Waals surface area contributed by atoms with Gasteiger partial charge in [-0.2, -0.15) is 4.98 Å². The Hall–Kier alpha value is -3.98. The molecule has 0 aliphatic rings. The van der Waals surface area contributed by atoms with E-state index in [4.69, 9.17) is 14.9 Å². The van der Waals surface area contributed by atoms with Gasteiger partial charge in [-0.3, -0.25) is 4.98 Å². The topological polar surface area (TPSA) is 116 Å². The quantitative estimate of drug-likeness (QED) is 0.267. The second kappa shape index (κ2) is 11.1. The number of hydrogen-bond donors (Lipinski definition) is 2. The van der Waals surface area contributed by atoms with E-state index in [2.05, 4.69) is 25.4 Å². The normalized spacial score (nSPS) is 12.2. The monoisotopic (exact) mass is 445 g/mol. The zero-order valence-corrected chi connectivity index (χ0v) is 18.5. The highest BCUT2D eigenvalue weighted by atomic mass is 16.5. The largest absolute Gasteiger partial charge is 0.494 e. The van der Waals surface area contributed by atoms with Crippen molar-refractivity contribution in [3.8, 4) is 5.75 Å². The van der Waals surface area contributed by atoms with Gasteiger partial charge in [0.25, 0.3) is 5.95 Å². The maximum atomic E-state index is 6.31. The van der Waals surface area contributed by atoms with E-state index in [1.807, 2.05) is 55.6 Å². The average Bonchev–Trinajstić information content (AvgIpc) is 3.48. The van der Waals surface area contributed by atoms with Gasteiger partial charge in [0.1, 0.15) is 11.5 Å². The Kier molecular flexibility index (Phi) is 7.44. The Labute approximate surface area is 192 Å². The summed E-state index contributed by atoms with van der Waals surface area (Å²) in [6.07, 6.45) is 8.25. The maximum Gasteiger partial charge on any atom is 0.270 e. The lowest BCUT2D eigenvalue weighted by Crippen LogP contribution is -2.13. The first-order valence-electron chi connectivity index (χ1n) is 10.8. The highest BCUT2D eigenvalue weighted by Crippen LogP contribution is 2.21. The molecule has 0 radical (unpaired) electrons. The zero-order valence-electron chi connectivity index (χ0n) is 18.5. The number of furan rings is 1. The van der Waals surface area contributed by atoms with E-state index in [1.165, 1.54) is 0 Å². The minimum Gasteiger partial charge on any atom is -0.494 e. The minimum atomic E-state index is -0.146. The first kappa shape index (κ1) is 22.2. The van der Waals surface area contributed by atoms with Crippen LogP contribution in [0.2, 0.25) is 0 Å². The molecule has 3 aromatic heterocycles. The van der Waals surface area contributed by atoms with Gasteiger partial charge in [-0.05, 0) is 53.9 Å². The van der Waals surface area contributed by atoms with Crippen LogP contribution < -0.4 is 15.8 Å². The van der Waals surface area contributed by atoms with Gasteiger partial charge >= 0.3 is 0 Å². The molecule has 9 nitrogen and oxygen atoms in total. The number of aryl methyl sites for hydroxylation is 1. The molecule has 3 heterocycles. The van der Waals surface area contributed by atoms with Crippen LogP contribution in [0.3, 0.4) is 0 Å². The summed E-state index contributed by atoms with van der Waals surface area (Å²) in [4.78, 5) is 12.7. The highest BCUT2D eigenvalue weighted by molar-refractivity contribution is 5.80. The smallest absolute Gasteiger partial charge is 0.270 e. The number of aliphatic imine (C=N–C) groups is 1. The second-order valence-electron chi connectivity index (χ2n) is 7.49. The third-order valence-corrected chi connectivity index (χ3v) is 4.95. The van der Waals surface area contributed by atoms with Crippen molar-refractivity contribution in [3.05, 3.63) is 84.1 Å². The van der Waals surface area contributed by atoms with Crippen molar-refractivity contribution in [3.63, 3.8) is 0 Å². The fourth-order valence-electron chi connectivity index (χ4n) is 3.22. The van der Waals surface area contributed by atoms with Crippen LogP contribution in [0.1, 0.15) is 29.3 Å². The molecule has 0 aliphatic heterocycles. The van der Waals surface area contributed by atoms with Crippen LogP contribution in [0, 0.1) is 0 Å². The van der Waals surface area contributed by atoms with Gasteiger partial charge in [0.2, 0.25) is 5.95 Å². The van der Waals surface area contributed by atoms with Crippen LogP contribution >= 0.6 is 0 Å². The molecule has 0 saturated carbocycles. The number of hydrogen-bond acceptors (Lipinski definition) is 8. The number of anilines is 1. The molecule has 3 N–H and O–H groups in total. The number of pyridine rings is 1. The average molecular weight is 446 g/mol. The Balaban J connectivity index is 1.21. The van der Waals surface area contributed by atoms with Crippen molar-refractivity contribution in [1.82, 2.24) is 19.7 Å². The van der Waals surface area contributed by atoms with Crippen LogP contribution in [0.25, 0.3) is 0 Å². The Morgan fingerprint density at radius 1 is 1.21 bits per heavy atom. The Morgan fingerprint density at radius 2 is 2.09 bits per heavy atom. The van der Waals surface area contributed by atoms with E-state index in [9.17, 15) is 0 Å². The summed E-state index contributed by atoms with van der Waals surface area (Å²) < 4.78 is 13.0. The van der Waals surface area contributed by atoms with Crippen LogP contribution in [0.5, 0.6) is 5.75 Å². The van der Waals surface area contributed by atoms with Crippen LogP contribution in [0.15, 0.2) is 76.6 Å². The summed E-state index contributed by atoms with van der Waals surface area (Å²) in [5, 5.41) is 7.57. The fraction of sp³-hybridized carbons (Fsp3) is 0.250. The van der Waals surface area contributed by atoms with Crippen molar-refractivity contribution in [2.75, 3.05) is 18.5 Å². The summed E-state index contributed by atoms with van der Waals surface area (Å²) in [6.45, 7) is 1.26. The number of nitrogens with zero attached hydrogens (tertiary/aromatic N) is 5. The van der Waals surface area contributed by atoms with Gasteiger partial charge in [-0.15, -0.1) is 5.10 Å². The summed E-state index contributed by atoms with van der Waals surface area (Å²) >= 11 is 0. The lowest BCUT2D eigenvalue weighted by atomic mass is 10.0. The van der Waals surface area contributed by atoms with Gasteiger partial charge < -0.3 is 20.2 Å². The maximum absolute atomic E-state index is 6.31. The van der Waals surface area contributed by atoms with Crippen LogP contribution in [-0.4, -0.2) is 39.1 Å². The molecule has 1 aromatic carbocycles. The molecule has 9 heteroatoms. The first-order chi connectivity index (χ1) is 16.2. The number of rotatable bonds is 11. The molecule has 170 valence electrons. The van der Waals surface area contributed by atoms with Crippen LogP contribution in [-0.2, 0) is 13.5 Å². The molecule has 33 heavy (non-hydrogen) atoms. The van der Waals surface area contributed by atoms with Crippen molar-refractivity contribution < 1.29 is 9.15 Å². The summed E-state index contributed by atoms with van der Waals surface area (Å²) in [7, 11) is 1.83. The van der Waals surface area contributed by atoms with Crippen molar-refractivity contribution in [2.24, 2.45) is 17.8 Å². The van der Waals surface area contributed by atoms with E-state index in [1.54, 1.807) is 29.6 Å². The molecule has 4 aromatic rings. The predicted molar refractivity (Wildman–Crippen MR) is 127 cm³/mol. The molecule has 0 saturated heterocycles. The summed E-state index contributed by atoms with van der Waals surface area (Å²) in [5.41, 5.74) is 8.27. The number of ether oxygens (including phenoxy) is 1. The molecule has 0 fully saturated rings. The zero-order chi connectivity index (χ0) is 22.9.